The van der Waals surface area contributed by atoms with Gasteiger partial charge in [0.05, 0.1) is 17.1 Å². The number of alkyl halides is 3. The van der Waals surface area contributed by atoms with E-state index in [2.05, 4.69) is 4.98 Å². The summed E-state index contributed by atoms with van der Waals surface area (Å²) in [6.45, 7) is 1.96. The molecule has 0 saturated heterocycles. The van der Waals surface area contributed by atoms with E-state index in [9.17, 15) is 28.3 Å². The van der Waals surface area contributed by atoms with Crippen LogP contribution in [-0.2, 0) is 24.8 Å². The van der Waals surface area contributed by atoms with Crippen molar-refractivity contribution in [3.63, 3.8) is 0 Å². The fourth-order valence-electron chi connectivity index (χ4n) is 3.56. The van der Waals surface area contributed by atoms with Crippen LogP contribution in [0.2, 0.25) is 0 Å². The molecule has 1 aromatic carbocycles. The van der Waals surface area contributed by atoms with E-state index in [1.807, 2.05) is 6.92 Å². The van der Waals surface area contributed by atoms with E-state index in [-0.39, 0.29) is 34.2 Å². The molecule has 152 valence electrons. The summed E-state index contributed by atoms with van der Waals surface area (Å²) in [6.07, 6.45) is -2.29. The molecule has 29 heavy (non-hydrogen) atoms. The average molecular weight is 419 g/mol. The molecule has 0 aliphatic heterocycles. The van der Waals surface area contributed by atoms with Crippen molar-refractivity contribution in [3.8, 4) is 6.07 Å². The number of hydrogen-bond acceptors (Lipinski definition) is 5. The first-order chi connectivity index (χ1) is 13.7. The predicted octanol–water partition coefficient (Wildman–Crippen LogP) is 4.14. The van der Waals surface area contributed by atoms with Crippen molar-refractivity contribution in [1.82, 2.24) is 4.98 Å². The highest BCUT2D eigenvalue weighted by Crippen LogP contribution is 2.42. The number of carbonyl (C=O) groups excluding carboxylic acids is 1. The quantitative estimate of drug-likeness (QED) is 0.681. The SMILES string of the molecule is CCC1CCc2nc(SCc3ccc(C(=O)[O-])cc3)c(C#N)c(C(F)(F)F)c2C1. The minimum absolute atomic E-state index is 0.0215. The van der Waals surface area contributed by atoms with E-state index < -0.39 is 23.3 Å². The number of aromatic carboxylic acids is 1. The normalized spacial score (nSPS) is 16.2. The summed E-state index contributed by atoms with van der Waals surface area (Å²) in [5, 5.41) is 20.4. The van der Waals surface area contributed by atoms with Crippen molar-refractivity contribution < 1.29 is 23.1 Å². The van der Waals surface area contributed by atoms with Gasteiger partial charge in [-0.25, -0.2) is 4.98 Å². The molecule has 4 nitrogen and oxygen atoms in total. The number of nitrogens with zero attached hydrogens (tertiary/aromatic N) is 2. The number of carboxylic acids is 1. The molecule has 1 aromatic heterocycles. The monoisotopic (exact) mass is 419 g/mol. The molecule has 3 rings (SSSR count). The maximum absolute atomic E-state index is 13.9. The first-order valence-corrected chi connectivity index (χ1v) is 10.2. The fraction of sp³-hybridized carbons (Fsp3) is 0.381. The van der Waals surface area contributed by atoms with Crippen LogP contribution >= 0.6 is 11.8 Å². The van der Waals surface area contributed by atoms with Gasteiger partial charge in [0.25, 0.3) is 0 Å². The maximum atomic E-state index is 13.9. The van der Waals surface area contributed by atoms with E-state index in [1.54, 1.807) is 18.2 Å². The summed E-state index contributed by atoms with van der Waals surface area (Å²) in [7, 11) is 0. The first kappa shape index (κ1) is 21.2. The Morgan fingerprint density at radius 2 is 2.03 bits per heavy atom. The zero-order valence-corrected chi connectivity index (χ0v) is 16.5. The molecule has 0 bridgehead atoms. The second-order valence-electron chi connectivity index (χ2n) is 6.99. The number of carboxylic acid groups (broad SMARTS) is 1. The van der Waals surface area contributed by atoms with Gasteiger partial charge >= 0.3 is 6.18 Å². The molecule has 0 radical (unpaired) electrons. The highest BCUT2D eigenvalue weighted by atomic mass is 32.2. The third-order valence-electron chi connectivity index (χ3n) is 5.17. The Labute approximate surface area is 170 Å². The van der Waals surface area contributed by atoms with Gasteiger partial charge in [0, 0.05) is 11.4 Å². The number of aromatic nitrogens is 1. The highest BCUT2D eigenvalue weighted by Gasteiger charge is 2.40. The molecule has 1 atom stereocenters. The number of pyridine rings is 1. The van der Waals surface area contributed by atoms with E-state index in [0.29, 0.717) is 17.7 Å². The number of hydrogen-bond donors (Lipinski definition) is 0. The second-order valence-corrected chi connectivity index (χ2v) is 7.96. The zero-order valence-electron chi connectivity index (χ0n) is 15.7. The molecule has 8 heteroatoms. The van der Waals surface area contributed by atoms with Gasteiger partial charge in [-0.1, -0.05) is 37.6 Å². The Morgan fingerprint density at radius 3 is 2.59 bits per heavy atom. The van der Waals surface area contributed by atoms with E-state index >= 15 is 0 Å². The standard InChI is InChI=1S/C21H19F3N2O2S/c1-2-12-5-8-17-15(9-12)18(21(22,23)24)16(10-25)19(26-17)29-11-13-3-6-14(7-4-13)20(27)28/h3-4,6-7,12H,2,5,8-9,11H2,1H3,(H,27,28)/p-1. The summed E-state index contributed by atoms with van der Waals surface area (Å²) in [5.41, 5.74) is 0.0455. The van der Waals surface area contributed by atoms with E-state index in [4.69, 9.17) is 0 Å². The largest absolute Gasteiger partial charge is 0.545 e. The van der Waals surface area contributed by atoms with Crippen LogP contribution in [0.4, 0.5) is 13.2 Å². The van der Waals surface area contributed by atoms with Crippen molar-refractivity contribution in [2.75, 3.05) is 0 Å². The summed E-state index contributed by atoms with van der Waals surface area (Å²) in [5.74, 6) is -0.868. The Balaban J connectivity index is 1.97. The third kappa shape index (κ3) is 4.56. The molecule has 2 aromatic rings. The van der Waals surface area contributed by atoms with Crippen LogP contribution in [0.5, 0.6) is 0 Å². The molecule has 0 fully saturated rings. The zero-order chi connectivity index (χ0) is 21.2. The molecular weight excluding hydrogens is 401 g/mol. The molecule has 0 saturated carbocycles. The first-order valence-electron chi connectivity index (χ1n) is 9.20. The van der Waals surface area contributed by atoms with Crippen LogP contribution in [0.3, 0.4) is 0 Å². The third-order valence-corrected chi connectivity index (χ3v) is 6.22. The lowest BCUT2D eigenvalue weighted by atomic mass is 9.82. The van der Waals surface area contributed by atoms with Gasteiger partial charge in [-0.3, -0.25) is 0 Å². The van der Waals surface area contributed by atoms with Gasteiger partial charge in [0.1, 0.15) is 11.1 Å². The number of benzene rings is 1. The molecule has 0 N–H and O–H groups in total. The van der Waals surface area contributed by atoms with Crippen molar-refractivity contribution in [2.24, 2.45) is 5.92 Å². The van der Waals surface area contributed by atoms with Crippen molar-refractivity contribution in [2.45, 2.75) is 49.6 Å². The minimum Gasteiger partial charge on any atom is -0.545 e. The Kier molecular flexibility index (Phi) is 6.18. The fourth-order valence-corrected chi connectivity index (χ4v) is 4.53. The Hall–Kier alpha value is -2.53. The van der Waals surface area contributed by atoms with Crippen LogP contribution in [-0.4, -0.2) is 11.0 Å². The smallest absolute Gasteiger partial charge is 0.418 e. The van der Waals surface area contributed by atoms with Gasteiger partial charge in [-0.05, 0) is 41.9 Å². The van der Waals surface area contributed by atoms with Crippen molar-refractivity contribution in [3.05, 3.63) is 57.8 Å². The molecule has 1 unspecified atom stereocenters. The topological polar surface area (TPSA) is 76.8 Å². The van der Waals surface area contributed by atoms with Gasteiger partial charge < -0.3 is 9.90 Å². The molecule has 1 heterocycles. The lowest BCUT2D eigenvalue weighted by Gasteiger charge is -2.27. The van der Waals surface area contributed by atoms with Crippen LogP contribution in [0.15, 0.2) is 29.3 Å². The molecular formula is C21H18F3N2O2S-. The minimum atomic E-state index is -4.63. The number of nitriles is 1. The average Bonchev–Trinajstić information content (AvgIpc) is 2.70. The van der Waals surface area contributed by atoms with Gasteiger partial charge in [-0.2, -0.15) is 18.4 Å². The van der Waals surface area contributed by atoms with Crippen LogP contribution < -0.4 is 5.11 Å². The van der Waals surface area contributed by atoms with Crippen molar-refractivity contribution >= 4 is 17.7 Å². The summed E-state index contributed by atoms with van der Waals surface area (Å²) >= 11 is 1.05. The number of thioether (sulfide) groups is 1. The number of rotatable bonds is 5. The highest BCUT2D eigenvalue weighted by molar-refractivity contribution is 7.98. The molecule has 1 aliphatic rings. The summed E-state index contributed by atoms with van der Waals surface area (Å²) < 4.78 is 41.6. The number of halogens is 3. The van der Waals surface area contributed by atoms with Crippen LogP contribution in [0, 0.1) is 17.2 Å². The van der Waals surface area contributed by atoms with Crippen LogP contribution in [0.1, 0.15) is 58.1 Å². The van der Waals surface area contributed by atoms with E-state index in [1.165, 1.54) is 12.1 Å². The van der Waals surface area contributed by atoms with Gasteiger partial charge in [-0.15, -0.1) is 11.8 Å². The predicted molar refractivity (Wildman–Crippen MR) is 100 cm³/mol. The van der Waals surface area contributed by atoms with Crippen molar-refractivity contribution in [1.29, 1.82) is 5.26 Å². The van der Waals surface area contributed by atoms with Gasteiger partial charge in [0.2, 0.25) is 0 Å². The molecule has 1 aliphatic carbocycles. The second kappa shape index (κ2) is 8.46. The lowest BCUT2D eigenvalue weighted by molar-refractivity contribution is -0.255. The lowest BCUT2D eigenvalue weighted by Crippen LogP contribution is -2.23. The molecule has 0 amide bonds. The van der Waals surface area contributed by atoms with Gasteiger partial charge in [0.15, 0.2) is 0 Å². The number of aryl methyl sites for hydroxylation is 1. The summed E-state index contributed by atoms with van der Waals surface area (Å²) in [4.78, 5) is 15.2. The Bertz CT molecular complexity index is 966. The molecule has 0 spiro atoms. The Morgan fingerprint density at radius 1 is 1.34 bits per heavy atom. The number of carbonyl (C=O) groups is 1. The van der Waals surface area contributed by atoms with Crippen LogP contribution in [0.25, 0.3) is 0 Å². The number of fused-ring (bicyclic) bond motifs is 1. The maximum Gasteiger partial charge on any atom is 0.418 e. The summed E-state index contributed by atoms with van der Waals surface area (Å²) in [6, 6.07) is 7.62. The van der Waals surface area contributed by atoms with E-state index in [0.717, 1.165) is 24.6 Å².